The lowest BCUT2D eigenvalue weighted by atomic mass is 9.99. The van der Waals surface area contributed by atoms with Crippen LogP contribution in [0.4, 0.5) is 20.2 Å². The van der Waals surface area contributed by atoms with Gasteiger partial charge in [-0.1, -0.05) is 35.9 Å². The number of hydrogen-bond acceptors (Lipinski definition) is 6. The fourth-order valence-electron chi connectivity index (χ4n) is 5.80. The second-order valence-electron chi connectivity index (χ2n) is 10.7. The number of hydrogen-bond donors (Lipinski definition) is 1. The Labute approximate surface area is 261 Å². The number of carbonyl (C=O) groups is 3. The normalized spacial score (nSPS) is 17.4. The molecule has 2 aliphatic heterocycles. The predicted molar refractivity (Wildman–Crippen MR) is 161 cm³/mol. The Balaban J connectivity index is 1.35. The van der Waals surface area contributed by atoms with Crippen molar-refractivity contribution in [2.45, 2.75) is 24.9 Å². The van der Waals surface area contributed by atoms with Crippen LogP contribution in [0.15, 0.2) is 72.9 Å². The third-order valence-corrected chi connectivity index (χ3v) is 8.36. The third kappa shape index (κ3) is 5.15. The number of fused-ring (bicyclic) bond motifs is 3. The Morgan fingerprint density at radius 2 is 1.69 bits per heavy atom. The van der Waals surface area contributed by atoms with Gasteiger partial charge in [0.15, 0.2) is 5.69 Å². The Morgan fingerprint density at radius 3 is 2.31 bits per heavy atom. The van der Waals surface area contributed by atoms with Gasteiger partial charge in [-0.3, -0.25) is 24.0 Å². The van der Waals surface area contributed by atoms with E-state index in [1.54, 1.807) is 4.90 Å². The number of nitrogens with zero attached hydrogens (tertiary/aromatic N) is 5. The minimum absolute atomic E-state index is 0.0691. The van der Waals surface area contributed by atoms with Crippen LogP contribution in [0.3, 0.4) is 0 Å². The van der Waals surface area contributed by atoms with E-state index in [-0.39, 0.29) is 52.6 Å². The standard InChI is InChI=1S/C32H25ClF2N6O4/c1-18(42)39-16-26-27(17-39)41-29(25(15-37-41)38-30(43)19-3-12-28(45-2)20(13-19)14-36)31(44)40(26)24-10-6-22(7-11-24)32(34,35)21-4-8-23(33)9-5-21/h3-13,15,26-27H,16-17H2,1-2H3,(H,38,43)/t26-,27-/m0/s1. The van der Waals surface area contributed by atoms with E-state index in [0.717, 1.165) is 0 Å². The summed E-state index contributed by atoms with van der Waals surface area (Å²) < 4.78 is 37.3. The van der Waals surface area contributed by atoms with E-state index in [1.165, 1.54) is 96.5 Å². The number of carbonyl (C=O) groups excluding carboxylic acids is 3. The fourth-order valence-corrected chi connectivity index (χ4v) is 5.93. The van der Waals surface area contributed by atoms with Gasteiger partial charge in [0.1, 0.15) is 11.8 Å². The number of likely N-dealkylation sites (tertiary alicyclic amines) is 1. The molecule has 1 N–H and O–H groups in total. The molecule has 3 amide bonds. The molecule has 228 valence electrons. The zero-order valence-corrected chi connectivity index (χ0v) is 24.8. The van der Waals surface area contributed by atoms with Crippen LogP contribution in [0, 0.1) is 11.3 Å². The summed E-state index contributed by atoms with van der Waals surface area (Å²) in [5.74, 6) is -4.32. The highest BCUT2D eigenvalue weighted by molar-refractivity contribution is 6.30. The van der Waals surface area contributed by atoms with Crippen LogP contribution >= 0.6 is 11.6 Å². The Kier molecular flexibility index (Phi) is 7.50. The molecule has 0 saturated carbocycles. The first kappa shape index (κ1) is 29.8. The van der Waals surface area contributed by atoms with Gasteiger partial charge in [-0.25, -0.2) is 0 Å². The smallest absolute Gasteiger partial charge is 0.298 e. The molecule has 0 radical (unpaired) electrons. The molecule has 0 spiro atoms. The van der Waals surface area contributed by atoms with E-state index in [2.05, 4.69) is 10.4 Å². The lowest BCUT2D eigenvalue weighted by Crippen LogP contribution is -2.51. The van der Waals surface area contributed by atoms with Crippen molar-refractivity contribution < 1.29 is 27.9 Å². The number of aromatic nitrogens is 2. The van der Waals surface area contributed by atoms with E-state index in [4.69, 9.17) is 16.3 Å². The summed E-state index contributed by atoms with van der Waals surface area (Å²) in [5.41, 5.74) is 0.341. The number of ether oxygens (including phenoxy) is 1. The molecule has 0 unspecified atom stereocenters. The topological polar surface area (TPSA) is 121 Å². The number of nitriles is 1. The summed E-state index contributed by atoms with van der Waals surface area (Å²) >= 11 is 5.87. The summed E-state index contributed by atoms with van der Waals surface area (Å²) in [6.45, 7) is 1.89. The minimum Gasteiger partial charge on any atom is -0.495 e. The first-order chi connectivity index (χ1) is 21.5. The molecule has 2 atom stereocenters. The molecular formula is C32H25ClF2N6O4. The average Bonchev–Trinajstić information content (AvgIpc) is 3.66. The zero-order chi connectivity index (χ0) is 32.0. The first-order valence-electron chi connectivity index (χ1n) is 13.8. The Bertz CT molecular complexity index is 1870. The number of nitrogens with one attached hydrogen (secondary N) is 1. The van der Waals surface area contributed by atoms with E-state index in [0.29, 0.717) is 16.5 Å². The Hall–Kier alpha value is -5.28. The van der Waals surface area contributed by atoms with Crippen molar-refractivity contribution in [1.82, 2.24) is 14.7 Å². The fraction of sp³-hybridized carbons (Fsp3) is 0.219. The molecule has 1 aromatic heterocycles. The molecule has 1 saturated heterocycles. The van der Waals surface area contributed by atoms with E-state index in [1.807, 2.05) is 6.07 Å². The quantitative estimate of drug-likeness (QED) is 0.311. The molecule has 13 heteroatoms. The van der Waals surface area contributed by atoms with Crippen molar-refractivity contribution in [3.63, 3.8) is 0 Å². The number of rotatable bonds is 6. The zero-order valence-electron chi connectivity index (χ0n) is 24.0. The molecule has 10 nitrogen and oxygen atoms in total. The van der Waals surface area contributed by atoms with Gasteiger partial charge in [0, 0.05) is 47.4 Å². The molecule has 4 aromatic rings. The van der Waals surface area contributed by atoms with Crippen LogP contribution in [0.25, 0.3) is 0 Å². The van der Waals surface area contributed by atoms with Crippen LogP contribution in [0.5, 0.6) is 5.75 Å². The van der Waals surface area contributed by atoms with Gasteiger partial charge in [-0.2, -0.15) is 19.1 Å². The molecule has 0 aliphatic carbocycles. The number of amides is 3. The monoisotopic (exact) mass is 630 g/mol. The molecule has 2 aliphatic rings. The summed E-state index contributed by atoms with van der Waals surface area (Å²) in [6, 6.07) is 16.0. The van der Waals surface area contributed by atoms with Crippen LogP contribution in [0.1, 0.15) is 50.5 Å². The number of halogens is 3. The molecule has 3 aromatic carbocycles. The van der Waals surface area contributed by atoms with Crippen molar-refractivity contribution in [3.8, 4) is 11.8 Å². The number of methoxy groups -OCH3 is 1. The maximum absolute atomic E-state index is 15.3. The average molecular weight is 631 g/mol. The van der Waals surface area contributed by atoms with Crippen molar-refractivity contribution in [2.75, 3.05) is 30.4 Å². The SMILES string of the molecule is COc1ccc(C(=O)Nc2cnn3c2C(=O)N(c2ccc(C(F)(F)c4ccc(Cl)cc4)cc2)[C@H]2CN(C(C)=O)C[C@@H]23)cc1C#N. The highest BCUT2D eigenvalue weighted by Gasteiger charge is 2.48. The molecule has 6 rings (SSSR count). The van der Waals surface area contributed by atoms with Crippen molar-refractivity contribution >= 4 is 40.7 Å². The molecule has 0 bridgehead atoms. The highest BCUT2D eigenvalue weighted by Crippen LogP contribution is 2.41. The molecule has 45 heavy (non-hydrogen) atoms. The molecule has 1 fully saturated rings. The number of alkyl halides is 2. The second kappa shape index (κ2) is 11.3. The summed E-state index contributed by atoms with van der Waals surface area (Å²) in [5, 5.41) is 16.9. The summed E-state index contributed by atoms with van der Waals surface area (Å²) in [7, 11) is 1.41. The van der Waals surface area contributed by atoms with Gasteiger partial charge in [-0.15, -0.1) is 0 Å². The summed E-state index contributed by atoms with van der Waals surface area (Å²) in [6.07, 6.45) is 1.35. The Morgan fingerprint density at radius 1 is 1.04 bits per heavy atom. The molecular weight excluding hydrogens is 606 g/mol. The van der Waals surface area contributed by atoms with Crippen LogP contribution < -0.4 is 15.0 Å². The van der Waals surface area contributed by atoms with Gasteiger partial charge < -0.3 is 15.0 Å². The van der Waals surface area contributed by atoms with Gasteiger partial charge >= 0.3 is 0 Å². The maximum atomic E-state index is 15.3. The lowest BCUT2D eigenvalue weighted by molar-refractivity contribution is -0.127. The molecule has 3 heterocycles. The summed E-state index contributed by atoms with van der Waals surface area (Å²) in [4.78, 5) is 42.8. The van der Waals surface area contributed by atoms with Crippen molar-refractivity contribution in [2.24, 2.45) is 0 Å². The van der Waals surface area contributed by atoms with Gasteiger partial charge in [-0.05, 0) is 42.5 Å². The van der Waals surface area contributed by atoms with Gasteiger partial charge in [0.25, 0.3) is 17.7 Å². The van der Waals surface area contributed by atoms with Crippen molar-refractivity contribution in [3.05, 3.63) is 106 Å². The van der Waals surface area contributed by atoms with E-state index >= 15 is 8.78 Å². The lowest BCUT2D eigenvalue weighted by Gasteiger charge is -2.37. The predicted octanol–water partition coefficient (Wildman–Crippen LogP) is 5.24. The maximum Gasteiger partial charge on any atom is 0.298 e. The van der Waals surface area contributed by atoms with E-state index < -0.39 is 29.8 Å². The number of anilines is 2. The number of benzene rings is 3. The van der Waals surface area contributed by atoms with Crippen LogP contribution in [-0.4, -0.2) is 58.6 Å². The van der Waals surface area contributed by atoms with Gasteiger partial charge in [0.05, 0.1) is 36.6 Å². The van der Waals surface area contributed by atoms with Crippen molar-refractivity contribution in [1.29, 1.82) is 5.26 Å². The van der Waals surface area contributed by atoms with E-state index in [9.17, 15) is 19.6 Å². The second-order valence-corrected chi connectivity index (χ2v) is 11.1. The largest absolute Gasteiger partial charge is 0.495 e. The third-order valence-electron chi connectivity index (χ3n) is 8.11. The minimum atomic E-state index is -3.32. The highest BCUT2D eigenvalue weighted by atomic mass is 35.5. The first-order valence-corrected chi connectivity index (χ1v) is 14.2. The van der Waals surface area contributed by atoms with Crippen LogP contribution in [-0.2, 0) is 10.7 Å². The van der Waals surface area contributed by atoms with Crippen LogP contribution in [0.2, 0.25) is 5.02 Å². The van der Waals surface area contributed by atoms with Gasteiger partial charge in [0.2, 0.25) is 5.91 Å².